The van der Waals surface area contributed by atoms with Crippen molar-refractivity contribution < 1.29 is 4.74 Å². The zero-order valence-corrected chi connectivity index (χ0v) is 11.3. The lowest BCUT2D eigenvalue weighted by molar-refractivity contribution is 0.0841. The number of hydrogen-bond acceptors (Lipinski definition) is 3. The van der Waals surface area contributed by atoms with E-state index in [0.717, 1.165) is 12.5 Å². The molecule has 1 saturated heterocycles. The summed E-state index contributed by atoms with van der Waals surface area (Å²) in [6.07, 6.45) is 3.03. The van der Waals surface area contributed by atoms with Crippen LogP contribution >= 0.6 is 0 Å². The van der Waals surface area contributed by atoms with Crippen molar-refractivity contribution in [2.24, 2.45) is 5.92 Å². The molecule has 0 saturated carbocycles. The lowest BCUT2D eigenvalue weighted by atomic mass is 9.97. The number of hydrogen-bond donors (Lipinski definition) is 1. The number of piperidine rings is 1. The highest BCUT2D eigenvalue weighted by Crippen LogP contribution is 2.15. The van der Waals surface area contributed by atoms with E-state index in [-0.39, 0.29) is 0 Å². The van der Waals surface area contributed by atoms with Crippen LogP contribution in [-0.4, -0.2) is 50.3 Å². The number of ether oxygens (including phenoxy) is 1. The Bertz CT molecular complexity index is 187. The van der Waals surface area contributed by atoms with Crippen LogP contribution in [0.5, 0.6) is 0 Å². The molecule has 0 spiro atoms. The summed E-state index contributed by atoms with van der Waals surface area (Å²) in [5, 5.41) is 3.60. The molecule has 3 unspecified atom stereocenters. The number of likely N-dealkylation sites (tertiary alicyclic amines) is 1. The Morgan fingerprint density at radius 1 is 1.44 bits per heavy atom. The van der Waals surface area contributed by atoms with E-state index in [1.807, 2.05) is 0 Å². The predicted octanol–water partition coefficient (Wildman–Crippen LogP) is 1.73. The van der Waals surface area contributed by atoms with Crippen molar-refractivity contribution >= 4 is 0 Å². The third kappa shape index (κ3) is 4.40. The van der Waals surface area contributed by atoms with Gasteiger partial charge in [-0.1, -0.05) is 6.92 Å². The SMILES string of the molecule is CCN1CCCC(CNC(C)C(C)OC)C1. The van der Waals surface area contributed by atoms with Gasteiger partial charge in [0.1, 0.15) is 0 Å². The first kappa shape index (κ1) is 13.9. The summed E-state index contributed by atoms with van der Waals surface area (Å²) >= 11 is 0. The maximum absolute atomic E-state index is 5.32. The molecule has 0 amide bonds. The van der Waals surface area contributed by atoms with Crippen molar-refractivity contribution in [1.29, 1.82) is 0 Å². The minimum atomic E-state index is 0.297. The van der Waals surface area contributed by atoms with Gasteiger partial charge in [0.2, 0.25) is 0 Å². The number of nitrogens with zero attached hydrogens (tertiary/aromatic N) is 1. The smallest absolute Gasteiger partial charge is 0.0693 e. The molecule has 1 rings (SSSR count). The number of methoxy groups -OCH3 is 1. The molecule has 0 bridgehead atoms. The largest absolute Gasteiger partial charge is 0.380 e. The van der Waals surface area contributed by atoms with E-state index in [1.54, 1.807) is 7.11 Å². The summed E-state index contributed by atoms with van der Waals surface area (Å²) in [5.41, 5.74) is 0. The van der Waals surface area contributed by atoms with E-state index < -0.39 is 0 Å². The molecule has 0 aromatic carbocycles. The van der Waals surface area contributed by atoms with Crippen molar-refractivity contribution in [1.82, 2.24) is 10.2 Å². The lowest BCUT2D eigenvalue weighted by Crippen LogP contribution is -2.44. The summed E-state index contributed by atoms with van der Waals surface area (Å²) < 4.78 is 5.32. The third-order valence-electron chi connectivity index (χ3n) is 3.85. The van der Waals surface area contributed by atoms with Gasteiger partial charge in [-0.3, -0.25) is 0 Å². The van der Waals surface area contributed by atoms with Gasteiger partial charge in [0.25, 0.3) is 0 Å². The van der Waals surface area contributed by atoms with Crippen LogP contribution < -0.4 is 5.32 Å². The Morgan fingerprint density at radius 3 is 2.81 bits per heavy atom. The van der Waals surface area contributed by atoms with E-state index in [1.165, 1.54) is 32.5 Å². The summed E-state index contributed by atoms with van der Waals surface area (Å²) in [6, 6.07) is 0.446. The highest BCUT2D eigenvalue weighted by atomic mass is 16.5. The molecule has 0 aliphatic carbocycles. The van der Waals surface area contributed by atoms with Gasteiger partial charge >= 0.3 is 0 Å². The zero-order chi connectivity index (χ0) is 12.0. The molecular formula is C13H28N2O. The van der Waals surface area contributed by atoms with Gasteiger partial charge in [-0.15, -0.1) is 0 Å². The minimum absolute atomic E-state index is 0.297. The topological polar surface area (TPSA) is 24.5 Å². The van der Waals surface area contributed by atoms with Crippen LogP contribution in [0.15, 0.2) is 0 Å². The molecule has 3 nitrogen and oxygen atoms in total. The first-order chi connectivity index (χ1) is 7.67. The molecule has 1 aliphatic heterocycles. The summed E-state index contributed by atoms with van der Waals surface area (Å²) in [4.78, 5) is 2.56. The second-order valence-corrected chi connectivity index (χ2v) is 5.04. The van der Waals surface area contributed by atoms with Crippen LogP contribution in [0.1, 0.15) is 33.6 Å². The van der Waals surface area contributed by atoms with E-state index in [4.69, 9.17) is 4.74 Å². The maximum Gasteiger partial charge on any atom is 0.0693 e. The number of rotatable bonds is 6. The Hall–Kier alpha value is -0.120. The first-order valence-corrected chi connectivity index (χ1v) is 6.65. The second kappa shape index (κ2) is 7.25. The molecule has 1 heterocycles. The average Bonchev–Trinajstić information content (AvgIpc) is 2.35. The second-order valence-electron chi connectivity index (χ2n) is 5.04. The van der Waals surface area contributed by atoms with E-state index in [0.29, 0.717) is 12.1 Å². The molecular weight excluding hydrogens is 200 g/mol. The summed E-state index contributed by atoms with van der Waals surface area (Å²) in [5.74, 6) is 0.820. The predicted molar refractivity (Wildman–Crippen MR) is 68.8 cm³/mol. The summed E-state index contributed by atoms with van der Waals surface area (Å²) in [7, 11) is 1.78. The molecule has 0 aromatic rings. The van der Waals surface area contributed by atoms with Crippen molar-refractivity contribution in [3.8, 4) is 0 Å². The van der Waals surface area contributed by atoms with E-state index >= 15 is 0 Å². The van der Waals surface area contributed by atoms with Crippen molar-refractivity contribution in [2.75, 3.05) is 33.3 Å². The van der Waals surface area contributed by atoms with Crippen LogP contribution in [0.25, 0.3) is 0 Å². The lowest BCUT2D eigenvalue weighted by Gasteiger charge is -2.33. The molecule has 96 valence electrons. The van der Waals surface area contributed by atoms with Crippen molar-refractivity contribution in [3.63, 3.8) is 0 Å². The maximum atomic E-state index is 5.32. The quantitative estimate of drug-likeness (QED) is 0.749. The van der Waals surface area contributed by atoms with Crippen LogP contribution in [-0.2, 0) is 4.74 Å². The van der Waals surface area contributed by atoms with Crippen molar-refractivity contribution in [2.45, 2.75) is 45.8 Å². The van der Waals surface area contributed by atoms with Gasteiger partial charge < -0.3 is 15.0 Å². The Morgan fingerprint density at radius 2 is 2.19 bits per heavy atom. The minimum Gasteiger partial charge on any atom is -0.380 e. The fraction of sp³-hybridized carbons (Fsp3) is 1.00. The van der Waals surface area contributed by atoms with Crippen LogP contribution in [0.2, 0.25) is 0 Å². The number of nitrogens with one attached hydrogen (secondary N) is 1. The van der Waals surface area contributed by atoms with Gasteiger partial charge in [0.05, 0.1) is 6.10 Å². The highest BCUT2D eigenvalue weighted by molar-refractivity contribution is 4.76. The highest BCUT2D eigenvalue weighted by Gasteiger charge is 2.19. The molecule has 1 fully saturated rings. The Balaban J connectivity index is 2.21. The third-order valence-corrected chi connectivity index (χ3v) is 3.85. The molecule has 3 heteroatoms. The normalized spacial score (nSPS) is 26.6. The molecule has 0 aromatic heterocycles. The van der Waals surface area contributed by atoms with Crippen molar-refractivity contribution in [3.05, 3.63) is 0 Å². The fourth-order valence-electron chi connectivity index (χ4n) is 2.33. The molecule has 0 radical (unpaired) electrons. The molecule has 16 heavy (non-hydrogen) atoms. The molecule has 3 atom stereocenters. The van der Waals surface area contributed by atoms with E-state index in [9.17, 15) is 0 Å². The van der Waals surface area contributed by atoms with Crippen LogP contribution in [0, 0.1) is 5.92 Å². The molecule has 1 aliphatic rings. The standard InChI is InChI=1S/C13H28N2O/c1-5-15-8-6-7-13(10-15)9-14-11(2)12(3)16-4/h11-14H,5-10H2,1-4H3. The monoisotopic (exact) mass is 228 g/mol. The first-order valence-electron chi connectivity index (χ1n) is 6.65. The Kier molecular flexibility index (Phi) is 6.32. The fourth-order valence-corrected chi connectivity index (χ4v) is 2.33. The van der Waals surface area contributed by atoms with Gasteiger partial charge in [0, 0.05) is 19.7 Å². The Labute approximate surface area is 101 Å². The van der Waals surface area contributed by atoms with Gasteiger partial charge in [-0.2, -0.15) is 0 Å². The van der Waals surface area contributed by atoms with Crippen LogP contribution in [0.4, 0.5) is 0 Å². The zero-order valence-electron chi connectivity index (χ0n) is 11.3. The average molecular weight is 228 g/mol. The van der Waals surface area contributed by atoms with E-state index in [2.05, 4.69) is 31.0 Å². The van der Waals surface area contributed by atoms with Crippen LogP contribution in [0.3, 0.4) is 0 Å². The van der Waals surface area contributed by atoms with Gasteiger partial charge in [0.15, 0.2) is 0 Å². The van der Waals surface area contributed by atoms with Gasteiger partial charge in [-0.25, -0.2) is 0 Å². The molecule has 1 N–H and O–H groups in total. The summed E-state index contributed by atoms with van der Waals surface area (Å²) in [6.45, 7) is 11.5. The van der Waals surface area contributed by atoms with Gasteiger partial charge in [-0.05, 0) is 52.2 Å².